The third kappa shape index (κ3) is 43.5. The lowest BCUT2D eigenvalue weighted by atomic mass is 9.99. The van der Waals surface area contributed by atoms with Crippen molar-refractivity contribution >= 4 is 82.7 Å². The highest BCUT2D eigenvalue weighted by Gasteiger charge is 2.38. The molecule has 0 saturated carbocycles. The predicted octanol–water partition coefficient (Wildman–Crippen LogP) is -0.917. The van der Waals surface area contributed by atoms with Crippen molar-refractivity contribution in [2.75, 3.05) is 32.7 Å². The molecule has 27 N–H and O–H groups in total. The Bertz CT molecular complexity index is 2810. The molecule has 0 aromatic rings. The quantitative estimate of drug-likeness (QED) is 0.0328. The lowest BCUT2D eigenvalue weighted by Gasteiger charge is -2.29. The van der Waals surface area contributed by atoms with Crippen LogP contribution in [0.1, 0.15) is 239 Å². The summed E-state index contributed by atoms with van der Waals surface area (Å²) in [5.41, 5.74) is 40.5. The second-order valence-electron chi connectivity index (χ2n) is 31.5. The maximum atomic E-state index is 14.4. The molecule has 628 valence electrons. The van der Waals surface area contributed by atoms with E-state index in [9.17, 15) is 67.1 Å². The van der Waals surface area contributed by atoms with Crippen LogP contribution in [0.4, 0.5) is 0 Å². The van der Waals surface area contributed by atoms with E-state index in [0.717, 1.165) is 0 Å². The third-order valence-corrected chi connectivity index (χ3v) is 17.9. The smallest absolute Gasteiger partial charge is 0.243 e. The van der Waals surface area contributed by atoms with E-state index in [0.29, 0.717) is 90.3 Å². The highest BCUT2D eigenvalue weighted by Crippen LogP contribution is 2.17. The SMILES string of the molecule is CC(C)C[C@H](NC(=O)[C@H](C)NC(=O)[C@H](CCCCN)NC(=O)[C@H](CC(C)C)NC(=O)[C@H](CC(C)C)NC(=O)[C@@H](CCCCN)NC(=O)[C@H](C)NC(=O)[C@@H](N)CC(C)C)C(=O)N[C@@H](C)C(=O)N[C@@H](CCCCN)C(=O)N[C@@H](CC(C)C)C(=O)N[C@@H](CC(C)C)C(=O)N[C@@H](CCCCN)C(=O)N[C@@H](CCCCN)C(N)=O. The highest BCUT2D eigenvalue weighted by molar-refractivity contribution is 6.00. The molecule has 109 heavy (non-hydrogen) atoms. The number of nitrogens with one attached hydrogen (secondary N) is 13. The van der Waals surface area contributed by atoms with Crippen LogP contribution in [0.2, 0.25) is 0 Å². The molecule has 0 rings (SSSR count). The van der Waals surface area contributed by atoms with E-state index in [1.807, 2.05) is 69.2 Å². The molecule has 0 heterocycles. The summed E-state index contributed by atoms with van der Waals surface area (Å²) in [5, 5.41) is 35.3. The second kappa shape index (κ2) is 55.7. The van der Waals surface area contributed by atoms with Crippen LogP contribution in [-0.4, -0.2) is 200 Å². The minimum Gasteiger partial charge on any atom is -0.368 e. The van der Waals surface area contributed by atoms with Gasteiger partial charge < -0.3 is 109 Å². The number of unbranched alkanes of at least 4 members (excludes halogenated alkanes) is 5. The fraction of sp³-hybridized carbons (Fsp3) is 0.813. The van der Waals surface area contributed by atoms with Crippen molar-refractivity contribution < 1.29 is 67.1 Å². The van der Waals surface area contributed by atoms with Crippen LogP contribution in [0, 0.1) is 35.5 Å². The summed E-state index contributed by atoms with van der Waals surface area (Å²) in [6, 6.07) is -16.5. The first kappa shape index (κ1) is 101. The van der Waals surface area contributed by atoms with Crippen molar-refractivity contribution in [3.8, 4) is 0 Å². The molecule has 0 aliphatic rings. The lowest BCUT2D eigenvalue weighted by molar-refractivity contribution is -0.136. The Balaban J connectivity index is 6.74. The molecule has 34 nitrogen and oxygen atoms in total. The van der Waals surface area contributed by atoms with Crippen LogP contribution >= 0.6 is 0 Å². The number of carbonyl (C=O) groups is 14. The van der Waals surface area contributed by atoms with Gasteiger partial charge in [-0.25, -0.2) is 0 Å². The molecule has 0 fully saturated rings. The molecular weight excluding hydrogens is 1400 g/mol. The lowest BCUT2D eigenvalue weighted by Crippen LogP contribution is -2.60. The average Bonchev–Trinajstić information content (AvgIpc) is 0.862. The Morgan fingerprint density at radius 2 is 0.376 bits per heavy atom. The topological polar surface area (TPSA) is 578 Å². The van der Waals surface area contributed by atoms with Crippen LogP contribution in [0.25, 0.3) is 0 Å². The number of amides is 14. The standard InChI is InChI=1S/C75H144N20O14/c1-42(2)36-51(81)66(100)83-48(13)63(97)87-54(28-18-23-33-78)69(103)92-60(40-46(9)10)74(108)94-58(38-44(5)6)72(106)89-53(27-17-22-32-77)67(101)84-50(15)65(99)91-57(37-43(3)4)71(105)85-49(14)64(98)88-55(29-19-24-34-79)70(104)93-61(41-47(11)12)75(109)95-59(39-45(7)8)73(107)90-56(30-20-25-35-80)68(102)86-52(62(82)96)26-16-21-31-76/h42-61H,16-41,76-81H2,1-15H3,(H2,82,96)(H,83,100)(H,84,101)(H,85,105)(H,86,102)(H,87,97)(H,88,98)(H,89,106)(H,90,107)(H,91,99)(H,92,103)(H,93,104)(H,94,108)(H,95,109)/t48-,49-,50-,51-,52-,53-,54+,55-,56-,57-,58-,59-,60-,61-/m0/s1. The van der Waals surface area contributed by atoms with Crippen LogP contribution in [0.3, 0.4) is 0 Å². The summed E-state index contributed by atoms with van der Waals surface area (Å²) in [5.74, 6) is -10.8. The van der Waals surface area contributed by atoms with Crippen LogP contribution in [0.15, 0.2) is 0 Å². The van der Waals surface area contributed by atoms with E-state index in [1.54, 1.807) is 13.8 Å². The molecule has 34 heteroatoms. The van der Waals surface area contributed by atoms with Gasteiger partial charge in [-0.2, -0.15) is 0 Å². The van der Waals surface area contributed by atoms with Gasteiger partial charge in [0, 0.05) is 0 Å². The van der Waals surface area contributed by atoms with E-state index >= 15 is 0 Å². The molecule has 0 radical (unpaired) electrons. The molecule has 0 spiro atoms. The maximum absolute atomic E-state index is 14.4. The van der Waals surface area contributed by atoms with Gasteiger partial charge in [0.25, 0.3) is 0 Å². The molecule has 0 aromatic heterocycles. The van der Waals surface area contributed by atoms with Gasteiger partial charge in [0.2, 0.25) is 82.7 Å². The first-order valence-electron chi connectivity index (χ1n) is 39.7. The van der Waals surface area contributed by atoms with Gasteiger partial charge in [-0.15, -0.1) is 0 Å². The van der Waals surface area contributed by atoms with Gasteiger partial charge >= 0.3 is 0 Å². The van der Waals surface area contributed by atoms with E-state index in [2.05, 4.69) is 69.1 Å². The minimum atomic E-state index is -1.31. The summed E-state index contributed by atoms with van der Waals surface area (Å²) >= 11 is 0. The molecule has 0 bridgehead atoms. The molecule has 0 aliphatic carbocycles. The first-order valence-corrected chi connectivity index (χ1v) is 39.7. The molecule has 0 saturated heterocycles. The maximum Gasteiger partial charge on any atom is 0.243 e. The van der Waals surface area contributed by atoms with E-state index in [4.69, 9.17) is 40.1 Å². The van der Waals surface area contributed by atoms with Gasteiger partial charge in [-0.1, -0.05) is 83.1 Å². The highest BCUT2D eigenvalue weighted by atomic mass is 16.2. The van der Waals surface area contributed by atoms with E-state index in [1.165, 1.54) is 20.8 Å². The molecule has 14 amide bonds. The number of rotatable bonds is 59. The Morgan fingerprint density at radius 1 is 0.211 bits per heavy atom. The Morgan fingerprint density at radius 3 is 0.596 bits per heavy atom. The summed E-state index contributed by atoms with van der Waals surface area (Å²) in [4.78, 5) is 195. The van der Waals surface area contributed by atoms with Crippen molar-refractivity contribution in [1.82, 2.24) is 69.1 Å². The fourth-order valence-corrected chi connectivity index (χ4v) is 11.9. The van der Waals surface area contributed by atoms with E-state index < -0.39 is 167 Å². The minimum absolute atomic E-state index is 0.0594. The van der Waals surface area contributed by atoms with Gasteiger partial charge in [-0.05, 0) is 224 Å². The van der Waals surface area contributed by atoms with Crippen molar-refractivity contribution in [1.29, 1.82) is 0 Å². The Kier molecular flexibility index (Phi) is 51.8. The molecule has 0 aromatic carbocycles. The third-order valence-electron chi connectivity index (χ3n) is 17.9. The van der Waals surface area contributed by atoms with Crippen molar-refractivity contribution in [2.24, 2.45) is 75.6 Å². The molecule has 0 aliphatic heterocycles. The van der Waals surface area contributed by atoms with Gasteiger partial charge in [0.15, 0.2) is 0 Å². The van der Waals surface area contributed by atoms with Gasteiger partial charge in [0.1, 0.15) is 78.5 Å². The number of hydrogen-bond donors (Lipinski definition) is 20. The second-order valence-corrected chi connectivity index (χ2v) is 31.5. The first-order chi connectivity index (χ1) is 51.2. The largest absolute Gasteiger partial charge is 0.368 e. The summed E-state index contributed by atoms with van der Waals surface area (Å²) in [6.45, 7) is 27.8. The molecule has 14 atom stereocenters. The van der Waals surface area contributed by atoms with Crippen LogP contribution in [0.5, 0.6) is 0 Å². The number of nitrogens with two attached hydrogens (primary N) is 7. The zero-order valence-corrected chi connectivity index (χ0v) is 68.2. The zero-order chi connectivity index (χ0) is 83.2. The van der Waals surface area contributed by atoms with Crippen molar-refractivity contribution in [2.45, 2.75) is 323 Å². The van der Waals surface area contributed by atoms with Gasteiger partial charge in [0.05, 0.1) is 6.04 Å². The van der Waals surface area contributed by atoms with Crippen LogP contribution in [-0.2, 0) is 67.1 Å². The number of carbonyl (C=O) groups excluding carboxylic acids is 14. The van der Waals surface area contributed by atoms with Crippen LogP contribution < -0.4 is 109 Å². The normalized spacial score (nSPS) is 15.4. The van der Waals surface area contributed by atoms with E-state index in [-0.39, 0.29) is 113 Å². The monoisotopic (exact) mass is 1550 g/mol. The van der Waals surface area contributed by atoms with Crippen molar-refractivity contribution in [3.05, 3.63) is 0 Å². The zero-order valence-electron chi connectivity index (χ0n) is 68.2. The fourth-order valence-electron chi connectivity index (χ4n) is 11.9. The average molecular weight is 1550 g/mol. The Labute approximate surface area is 648 Å². The summed E-state index contributed by atoms with van der Waals surface area (Å²) in [6.07, 6.45) is 6.24. The number of hydrogen-bond acceptors (Lipinski definition) is 20. The molecular formula is C75H144N20O14. The van der Waals surface area contributed by atoms with Crippen molar-refractivity contribution in [3.63, 3.8) is 0 Å². The summed E-state index contributed by atoms with van der Waals surface area (Å²) in [7, 11) is 0. The predicted molar refractivity (Wildman–Crippen MR) is 421 cm³/mol. The Hall–Kier alpha value is -7.66. The summed E-state index contributed by atoms with van der Waals surface area (Å²) < 4.78 is 0. The van der Waals surface area contributed by atoms with Gasteiger partial charge in [-0.3, -0.25) is 67.1 Å². The molecule has 0 unspecified atom stereocenters. The number of primary amides is 1.